The second-order valence-electron chi connectivity index (χ2n) is 10.0. The summed E-state index contributed by atoms with van der Waals surface area (Å²) in [5.41, 5.74) is 1.60. The summed E-state index contributed by atoms with van der Waals surface area (Å²) < 4.78 is 17.1. The maximum atomic E-state index is 13.4. The number of ether oxygens (including phenoxy) is 3. The molecular weight excluding hydrogens is 454 g/mol. The lowest BCUT2D eigenvalue weighted by Gasteiger charge is -2.41. The van der Waals surface area contributed by atoms with Gasteiger partial charge in [-0.2, -0.15) is 0 Å². The Balaban J connectivity index is 1.28. The maximum Gasteiger partial charge on any atom is 0.338 e. The summed E-state index contributed by atoms with van der Waals surface area (Å²) in [7, 11) is 3.72. The number of fused-ring (bicyclic) bond motifs is 3. The van der Waals surface area contributed by atoms with Crippen LogP contribution in [0.4, 0.5) is 0 Å². The number of hydrogen-bond donors (Lipinski definition) is 0. The van der Waals surface area contributed by atoms with Crippen molar-refractivity contribution in [2.75, 3.05) is 20.8 Å². The van der Waals surface area contributed by atoms with E-state index in [4.69, 9.17) is 14.2 Å². The van der Waals surface area contributed by atoms with Crippen molar-refractivity contribution in [2.45, 2.75) is 50.3 Å². The van der Waals surface area contributed by atoms with Gasteiger partial charge in [-0.3, -0.25) is 9.69 Å². The largest absolute Gasteiger partial charge is 0.497 e. The van der Waals surface area contributed by atoms with Gasteiger partial charge in [0.2, 0.25) is 0 Å². The van der Waals surface area contributed by atoms with Crippen LogP contribution in [0.25, 0.3) is 10.8 Å². The minimum Gasteiger partial charge on any atom is -0.497 e. The predicted octanol–water partition coefficient (Wildman–Crippen LogP) is 5.20. The Morgan fingerprint density at radius 1 is 1.00 bits per heavy atom. The molecule has 188 valence electrons. The van der Waals surface area contributed by atoms with Crippen LogP contribution in [0.2, 0.25) is 0 Å². The van der Waals surface area contributed by atoms with Crippen molar-refractivity contribution in [3.05, 3.63) is 77.9 Å². The van der Waals surface area contributed by atoms with E-state index >= 15 is 0 Å². The number of benzene rings is 3. The highest BCUT2D eigenvalue weighted by Gasteiger charge is 2.51. The van der Waals surface area contributed by atoms with Gasteiger partial charge in [0, 0.05) is 24.4 Å². The van der Waals surface area contributed by atoms with Gasteiger partial charge in [0.25, 0.3) is 0 Å². The van der Waals surface area contributed by atoms with Crippen molar-refractivity contribution in [2.24, 2.45) is 5.92 Å². The summed E-state index contributed by atoms with van der Waals surface area (Å²) in [6.07, 6.45) is 2.08. The average Bonchev–Trinajstić information content (AvgIpc) is 3.14. The second-order valence-corrected chi connectivity index (χ2v) is 10.0. The molecule has 0 radical (unpaired) electrons. The molecule has 2 aliphatic heterocycles. The Bertz CT molecular complexity index is 1240. The van der Waals surface area contributed by atoms with Gasteiger partial charge in [-0.25, -0.2) is 4.79 Å². The molecule has 0 amide bonds. The van der Waals surface area contributed by atoms with Gasteiger partial charge in [0.05, 0.1) is 19.3 Å². The minimum atomic E-state index is -0.488. The van der Waals surface area contributed by atoms with Crippen molar-refractivity contribution in [1.29, 1.82) is 0 Å². The number of methoxy groups -OCH3 is 1. The van der Waals surface area contributed by atoms with Crippen LogP contribution >= 0.6 is 0 Å². The van der Waals surface area contributed by atoms with Crippen LogP contribution in [-0.4, -0.2) is 55.8 Å². The van der Waals surface area contributed by atoms with E-state index in [2.05, 4.69) is 37.1 Å². The van der Waals surface area contributed by atoms with Gasteiger partial charge in [-0.1, -0.05) is 49.4 Å². The number of rotatable bonds is 7. The molecule has 36 heavy (non-hydrogen) atoms. The summed E-state index contributed by atoms with van der Waals surface area (Å²) in [6.45, 7) is 2.33. The molecule has 3 aromatic carbocycles. The van der Waals surface area contributed by atoms with E-state index in [0.29, 0.717) is 18.0 Å². The van der Waals surface area contributed by atoms with Crippen LogP contribution in [0.15, 0.2) is 66.7 Å². The van der Waals surface area contributed by atoms with Gasteiger partial charge in [-0.15, -0.1) is 0 Å². The average molecular weight is 488 g/mol. The lowest BCUT2D eigenvalue weighted by atomic mass is 9.87. The standard InChI is InChI=1S/C30H33NO5/c1-19(21-9-10-23-16-25(34-3)13-11-22(23)15-21)18-35-30(33)28-26-14-12-24(31(26)2)17-27(28)36-29(32)20-7-5-4-6-8-20/h4-11,13,15-16,19,24,26-28H,12,14,17-18H2,1-3H3/t19?,24-,26+,27+,28-/m1/s1. The Kier molecular flexibility index (Phi) is 6.97. The van der Waals surface area contributed by atoms with Crippen LogP contribution in [0.3, 0.4) is 0 Å². The molecule has 2 heterocycles. The first kappa shape index (κ1) is 24.3. The highest BCUT2D eigenvalue weighted by molar-refractivity contribution is 5.89. The summed E-state index contributed by atoms with van der Waals surface area (Å²) >= 11 is 0. The minimum absolute atomic E-state index is 0.0239. The van der Waals surface area contributed by atoms with E-state index in [1.807, 2.05) is 36.4 Å². The summed E-state index contributed by atoms with van der Waals surface area (Å²) in [5.74, 6) is -0.300. The normalized spacial score (nSPS) is 24.3. The fourth-order valence-electron chi connectivity index (χ4n) is 5.71. The zero-order valence-corrected chi connectivity index (χ0v) is 21.1. The second kappa shape index (κ2) is 10.3. The van der Waals surface area contributed by atoms with Gasteiger partial charge in [-0.05, 0) is 60.5 Å². The molecule has 2 fully saturated rings. The number of piperidine rings is 1. The number of hydrogen-bond acceptors (Lipinski definition) is 6. The third kappa shape index (κ3) is 4.82. The topological polar surface area (TPSA) is 65.1 Å². The Hall–Kier alpha value is -3.38. The van der Waals surface area contributed by atoms with Gasteiger partial charge >= 0.3 is 11.9 Å². The fourth-order valence-corrected chi connectivity index (χ4v) is 5.71. The van der Waals surface area contributed by atoms with Crippen molar-refractivity contribution in [1.82, 2.24) is 4.90 Å². The molecule has 6 nitrogen and oxygen atoms in total. The first-order chi connectivity index (χ1) is 17.4. The highest BCUT2D eigenvalue weighted by Crippen LogP contribution is 2.40. The molecule has 5 rings (SSSR count). The smallest absolute Gasteiger partial charge is 0.338 e. The van der Waals surface area contributed by atoms with Crippen LogP contribution < -0.4 is 4.74 Å². The number of esters is 2. The van der Waals surface area contributed by atoms with E-state index in [1.165, 1.54) is 0 Å². The van der Waals surface area contributed by atoms with E-state index in [-0.39, 0.29) is 30.5 Å². The Labute approximate surface area is 212 Å². The summed E-state index contributed by atoms with van der Waals surface area (Å²) in [5, 5.41) is 2.22. The monoisotopic (exact) mass is 487 g/mol. The highest BCUT2D eigenvalue weighted by atomic mass is 16.6. The zero-order valence-electron chi connectivity index (χ0n) is 21.1. The summed E-state index contributed by atoms with van der Waals surface area (Å²) in [4.78, 5) is 28.5. The molecule has 0 saturated carbocycles. The Morgan fingerprint density at radius 3 is 2.53 bits per heavy atom. The van der Waals surface area contributed by atoms with Crippen LogP contribution in [0.1, 0.15) is 48.0 Å². The van der Waals surface area contributed by atoms with E-state index in [1.54, 1.807) is 19.2 Å². The molecule has 2 aliphatic rings. The molecule has 5 atom stereocenters. The van der Waals surface area contributed by atoms with Crippen molar-refractivity contribution < 1.29 is 23.8 Å². The van der Waals surface area contributed by atoms with Crippen molar-refractivity contribution in [3.63, 3.8) is 0 Å². The summed E-state index contributed by atoms with van der Waals surface area (Å²) in [6, 6.07) is 21.6. The quantitative estimate of drug-likeness (QED) is 0.427. The number of carbonyl (C=O) groups excluding carboxylic acids is 2. The molecule has 3 aromatic rings. The first-order valence-corrected chi connectivity index (χ1v) is 12.7. The molecule has 1 unspecified atom stereocenters. The van der Waals surface area contributed by atoms with Crippen LogP contribution in [-0.2, 0) is 14.3 Å². The third-order valence-corrected chi connectivity index (χ3v) is 7.87. The molecule has 0 N–H and O–H groups in total. The fraction of sp³-hybridized carbons (Fsp3) is 0.400. The van der Waals surface area contributed by atoms with Gasteiger partial charge < -0.3 is 14.2 Å². The van der Waals surface area contributed by atoms with Gasteiger partial charge in [0.15, 0.2) is 0 Å². The predicted molar refractivity (Wildman–Crippen MR) is 138 cm³/mol. The molecular formula is C30H33NO5. The van der Waals surface area contributed by atoms with Crippen LogP contribution in [0, 0.1) is 5.92 Å². The first-order valence-electron chi connectivity index (χ1n) is 12.7. The molecule has 6 heteroatoms. The van der Waals surface area contributed by atoms with Crippen molar-refractivity contribution in [3.8, 4) is 5.75 Å². The molecule has 2 saturated heterocycles. The molecule has 2 bridgehead atoms. The zero-order chi connectivity index (χ0) is 25.2. The van der Waals surface area contributed by atoms with Crippen molar-refractivity contribution >= 4 is 22.7 Å². The van der Waals surface area contributed by atoms with E-state index in [9.17, 15) is 9.59 Å². The van der Waals surface area contributed by atoms with E-state index < -0.39 is 12.0 Å². The van der Waals surface area contributed by atoms with Gasteiger partial charge in [0.1, 0.15) is 17.8 Å². The molecule has 0 spiro atoms. The Morgan fingerprint density at radius 2 is 1.75 bits per heavy atom. The lowest BCUT2D eigenvalue weighted by Crippen LogP contribution is -2.53. The maximum absolute atomic E-state index is 13.4. The number of carbonyl (C=O) groups is 2. The SMILES string of the molecule is COc1ccc2cc(C(C)COC(=O)[C@H]3[C@@H](OC(=O)c4ccccc4)C[C@H]4CC[C@@H]3N4C)ccc2c1. The molecule has 0 aromatic heterocycles. The molecule has 0 aliphatic carbocycles. The van der Waals surface area contributed by atoms with E-state index in [0.717, 1.165) is 34.9 Å². The van der Waals surface area contributed by atoms with Crippen LogP contribution in [0.5, 0.6) is 5.75 Å². The third-order valence-electron chi connectivity index (χ3n) is 7.87. The lowest BCUT2D eigenvalue weighted by molar-refractivity contribution is -0.159. The number of nitrogens with zero attached hydrogens (tertiary/aromatic N) is 1.